The molecule has 3 aromatic rings. The Morgan fingerprint density at radius 3 is 2.44 bits per heavy atom. The Hall–Kier alpha value is -2.89. The van der Waals surface area contributed by atoms with Gasteiger partial charge in [0.15, 0.2) is 5.82 Å². The first-order chi connectivity index (χ1) is 15.0. The number of carbonyl (C=O) groups is 1. The van der Waals surface area contributed by atoms with E-state index < -0.39 is 44.1 Å². The predicted molar refractivity (Wildman–Crippen MR) is 110 cm³/mol. The summed E-state index contributed by atoms with van der Waals surface area (Å²) in [7, 11) is -4.51. The third-order valence-electron chi connectivity index (χ3n) is 4.30. The van der Waals surface area contributed by atoms with Gasteiger partial charge in [0, 0.05) is 12.6 Å². The number of sulfonamides is 1. The number of carbonyl (C=O) groups excluding carboxylic acids is 1. The van der Waals surface area contributed by atoms with Crippen LogP contribution >= 0.6 is 11.6 Å². The fraction of sp³-hybridized carbons (Fsp3) is 0.200. The molecule has 1 N–H and O–H groups in total. The van der Waals surface area contributed by atoms with Crippen molar-refractivity contribution in [3.8, 4) is 0 Å². The van der Waals surface area contributed by atoms with Crippen LogP contribution in [0, 0.1) is 6.92 Å². The van der Waals surface area contributed by atoms with Gasteiger partial charge in [-0.25, -0.2) is 8.42 Å². The second kappa shape index (κ2) is 9.31. The molecule has 1 heterocycles. The summed E-state index contributed by atoms with van der Waals surface area (Å²) < 4.78 is 71.8. The highest BCUT2D eigenvalue weighted by Crippen LogP contribution is 2.36. The van der Waals surface area contributed by atoms with Crippen LogP contribution < -0.4 is 5.32 Å². The molecule has 0 saturated carbocycles. The van der Waals surface area contributed by atoms with E-state index in [1.807, 2.05) is 0 Å². The number of nitrogens with zero attached hydrogens (tertiary/aromatic N) is 2. The molecule has 0 bridgehead atoms. The number of amides is 1. The lowest BCUT2D eigenvalue weighted by molar-refractivity contribution is -0.137. The highest BCUT2D eigenvalue weighted by atomic mass is 35.5. The van der Waals surface area contributed by atoms with Crippen LogP contribution in [-0.4, -0.2) is 30.3 Å². The first kappa shape index (κ1) is 23.8. The quantitative estimate of drug-likeness (QED) is 0.530. The zero-order valence-electron chi connectivity index (χ0n) is 16.6. The minimum Gasteiger partial charge on any atom is -0.360 e. The summed E-state index contributed by atoms with van der Waals surface area (Å²) in [5.41, 5.74) is -0.756. The van der Waals surface area contributed by atoms with Gasteiger partial charge in [0.2, 0.25) is 15.9 Å². The minimum atomic E-state index is -4.85. The van der Waals surface area contributed by atoms with E-state index in [4.69, 9.17) is 16.1 Å². The zero-order valence-corrected chi connectivity index (χ0v) is 18.1. The van der Waals surface area contributed by atoms with Crippen molar-refractivity contribution >= 4 is 33.3 Å². The third kappa shape index (κ3) is 5.67. The maximum Gasteiger partial charge on any atom is 0.417 e. The molecule has 3 rings (SSSR count). The van der Waals surface area contributed by atoms with E-state index in [0.717, 1.165) is 16.4 Å². The summed E-state index contributed by atoms with van der Waals surface area (Å²) in [5, 5.41) is 5.36. The van der Waals surface area contributed by atoms with Gasteiger partial charge in [-0.05, 0) is 30.7 Å². The monoisotopic (exact) mass is 487 g/mol. The Morgan fingerprint density at radius 2 is 1.84 bits per heavy atom. The summed E-state index contributed by atoms with van der Waals surface area (Å²) >= 11 is 5.61. The summed E-state index contributed by atoms with van der Waals surface area (Å²) in [6.07, 6.45) is -4.85. The van der Waals surface area contributed by atoms with Gasteiger partial charge < -0.3 is 9.84 Å². The molecule has 0 saturated heterocycles. The van der Waals surface area contributed by atoms with Gasteiger partial charge >= 0.3 is 6.18 Å². The fourth-order valence-electron chi connectivity index (χ4n) is 2.81. The van der Waals surface area contributed by atoms with Crippen molar-refractivity contribution in [3.05, 3.63) is 76.5 Å². The molecule has 0 radical (unpaired) electrons. The van der Waals surface area contributed by atoms with Gasteiger partial charge in [0.25, 0.3) is 0 Å². The smallest absolute Gasteiger partial charge is 0.360 e. The lowest BCUT2D eigenvalue weighted by Crippen LogP contribution is -2.37. The highest BCUT2D eigenvalue weighted by molar-refractivity contribution is 7.89. The topological polar surface area (TPSA) is 92.5 Å². The Kier molecular flexibility index (Phi) is 6.91. The average Bonchev–Trinajstić information content (AvgIpc) is 3.12. The zero-order chi connectivity index (χ0) is 23.5. The number of halogens is 4. The Labute approximate surface area is 186 Å². The van der Waals surface area contributed by atoms with E-state index in [1.54, 1.807) is 37.3 Å². The maximum atomic E-state index is 13.2. The van der Waals surface area contributed by atoms with E-state index >= 15 is 0 Å². The molecule has 1 aromatic heterocycles. The molecule has 1 amide bonds. The van der Waals surface area contributed by atoms with Crippen LogP contribution in [0.15, 0.2) is 64.0 Å². The van der Waals surface area contributed by atoms with Gasteiger partial charge in [-0.1, -0.05) is 47.1 Å². The second-order valence-corrected chi connectivity index (χ2v) is 9.11. The third-order valence-corrected chi connectivity index (χ3v) is 6.42. The first-order valence-corrected chi connectivity index (χ1v) is 10.9. The standard InChI is InChI=1S/C20H17ClF3N3O4S/c1-13-9-18(26-31-13)25-19(28)12-27(11-14-5-3-2-4-6-14)32(29,30)15-7-8-17(21)16(10-15)20(22,23)24/h2-10H,11-12H2,1H3,(H,25,26,28). The van der Waals surface area contributed by atoms with Crippen molar-refractivity contribution in [2.75, 3.05) is 11.9 Å². The molecule has 2 aromatic carbocycles. The van der Waals surface area contributed by atoms with Crippen molar-refractivity contribution in [1.82, 2.24) is 9.46 Å². The van der Waals surface area contributed by atoms with Gasteiger partial charge in [-0.3, -0.25) is 4.79 Å². The SMILES string of the molecule is Cc1cc(NC(=O)CN(Cc2ccccc2)S(=O)(=O)c2ccc(Cl)c(C(F)(F)F)c2)no1. The van der Waals surface area contributed by atoms with Crippen LogP contribution in [0.4, 0.5) is 19.0 Å². The van der Waals surface area contributed by atoms with Crippen molar-refractivity contribution in [2.45, 2.75) is 24.5 Å². The number of nitrogens with one attached hydrogen (secondary N) is 1. The molecule has 32 heavy (non-hydrogen) atoms. The molecule has 0 spiro atoms. The van der Waals surface area contributed by atoms with Crippen LogP contribution in [0.2, 0.25) is 5.02 Å². The summed E-state index contributed by atoms with van der Waals surface area (Å²) in [5.74, 6) is -0.242. The fourth-order valence-corrected chi connectivity index (χ4v) is 4.45. The molecule has 0 fully saturated rings. The number of aryl methyl sites for hydroxylation is 1. The predicted octanol–water partition coefficient (Wildman–Crippen LogP) is 4.48. The number of rotatable bonds is 7. The number of benzene rings is 2. The molecule has 0 unspecified atom stereocenters. The largest absolute Gasteiger partial charge is 0.417 e. The number of hydrogen-bond acceptors (Lipinski definition) is 5. The van der Waals surface area contributed by atoms with Crippen LogP contribution in [-0.2, 0) is 27.5 Å². The highest BCUT2D eigenvalue weighted by Gasteiger charge is 2.36. The number of aromatic nitrogens is 1. The normalized spacial score (nSPS) is 12.2. The molecular formula is C20H17ClF3N3O4S. The van der Waals surface area contributed by atoms with Crippen LogP contribution in [0.1, 0.15) is 16.9 Å². The molecule has 0 aliphatic rings. The molecule has 0 atom stereocenters. The van der Waals surface area contributed by atoms with Gasteiger partial charge in [-0.2, -0.15) is 17.5 Å². The number of hydrogen-bond donors (Lipinski definition) is 1. The van der Waals surface area contributed by atoms with E-state index in [1.165, 1.54) is 6.07 Å². The Balaban J connectivity index is 1.95. The molecule has 12 heteroatoms. The minimum absolute atomic E-state index is 0.0791. The maximum absolute atomic E-state index is 13.2. The summed E-state index contributed by atoms with van der Waals surface area (Å²) in [6.45, 7) is 0.680. The van der Waals surface area contributed by atoms with E-state index in [0.29, 0.717) is 17.4 Å². The van der Waals surface area contributed by atoms with Crippen molar-refractivity contribution in [2.24, 2.45) is 0 Å². The van der Waals surface area contributed by atoms with Crippen LogP contribution in [0.3, 0.4) is 0 Å². The lowest BCUT2D eigenvalue weighted by Gasteiger charge is -2.22. The van der Waals surface area contributed by atoms with E-state index in [2.05, 4.69) is 10.5 Å². The van der Waals surface area contributed by atoms with E-state index in [9.17, 15) is 26.4 Å². The first-order valence-electron chi connectivity index (χ1n) is 9.11. The average molecular weight is 488 g/mol. The second-order valence-electron chi connectivity index (χ2n) is 6.77. The van der Waals surface area contributed by atoms with Gasteiger partial charge in [0.05, 0.1) is 22.0 Å². The van der Waals surface area contributed by atoms with E-state index in [-0.39, 0.29) is 12.4 Å². The molecular weight excluding hydrogens is 471 g/mol. The lowest BCUT2D eigenvalue weighted by atomic mass is 10.2. The summed E-state index contributed by atoms with van der Waals surface area (Å²) in [4.78, 5) is 11.8. The number of anilines is 1. The Bertz CT molecular complexity index is 1210. The van der Waals surface area contributed by atoms with Crippen LogP contribution in [0.5, 0.6) is 0 Å². The molecule has 0 aliphatic heterocycles. The Morgan fingerprint density at radius 1 is 1.16 bits per heavy atom. The van der Waals surface area contributed by atoms with Crippen molar-refractivity contribution in [1.29, 1.82) is 0 Å². The van der Waals surface area contributed by atoms with Crippen molar-refractivity contribution < 1.29 is 30.9 Å². The van der Waals surface area contributed by atoms with Gasteiger partial charge in [-0.15, -0.1) is 0 Å². The molecule has 0 aliphatic carbocycles. The summed E-state index contributed by atoms with van der Waals surface area (Å²) in [6, 6.07) is 12.0. The van der Waals surface area contributed by atoms with Gasteiger partial charge in [0.1, 0.15) is 5.76 Å². The van der Waals surface area contributed by atoms with Crippen LogP contribution in [0.25, 0.3) is 0 Å². The molecule has 170 valence electrons. The van der Waals surface area contributed by atoms with Crippen molar-refractivity contribution in [3.63, 3.8) is 0 Å². The molecule has 7 nitrogen and oxygen atoms in total. The number of alkyl halides is 3.